The standard InChI is InChI=1S/C16H15ClN2O/c1-8-4-9(2)14(18)12(5-8)16-19-13-7-11(17)6-10(3)15(13)20-16/h4-7H,18H2,1-3H3. The maximum Gasteiger partial charge on any atom is 0.229 e. The summed E-state index contributed by atoms with van der Waals surface area (Å²) in [5, 5.41) is 0.656. The van der Waals surface area contributed by atoms with Gasteiger partial charge in [0.1, 0.15) is 5.52 Å². The normalized spacial score (nSPS) is 11.2. The topological polar surface area (TPSA) is 52.0 Å². The number of nitrogen functional groups attached to an aromatic ring is 1. The third-order valence-corrected chi connectivity index (χ3v) is 3.62. The van der Waals surface area contributed by atoms with Gasteiger partial charge in [0.25, 0.3) is 0 Å². The minimum absolute atomic E-state index is 0.537. The van der Waals surface area contributed by atoms with Gasteiger partial charge in [-0.15, -0.1) is 0 Å². The number of halogens is 1. The number of anilines is 1. The second kappa shape index (κ2) is 4.53. The van der Waals surface area contributed by atoms with Gasteiger partial charge in [0, 0.05) is 10.7 Å². The highest BCUT2D eigenvalue weighted by atomic mass is 35.5. The predicted molar refractivity (Wildman–Crippen MR) is 83.1 cm³/mol. The molecule has 0 saturated carbocycles. The van der Waals surface area contributed by atoms with E-state index in [1.54, 1.807) is 6.07 Å². The first-order valence-electron chi connectivity index (χ1n) is 6.39. The molecule has 0 radical (unpaired) electrons. The first kappa shape index (κ1) is 13.0. The van der Waals surface area contributed by atoms with Crippen LogP contribution in [0.3, 0.4) is 0 Å². The Morgan fingerprint density at radius 1 is 1.05 bits per heavy atom. The molecule has 102 valence electrons. The monoisotopic (exact) mass is 286 g/mol. The molecule has 0 unspecified atom stereocenters. The summed E-state index contributed by atoms with van der Waals surface area (Å²) >= 11 is 6.05. The Morgan fingerprint density at radius 2 is 1.80 bits per heavy atom. The summed E-state index contributed by atoms with van der Waals surface area (Å²) in [6, 6.07) is 7.70. The smallest absolute Gasteiger partial charge is 0.229 e. The largest absolute Gasteiger partial charge is 0.436 e. The van der Waals surface area contributed by atoms with Crippen molar-refractivity contribution in [3.8, 4) is 11.5 Å². The van der Waals surface area contributed by atoms with Crippen LogP contribution in [0.1, 0.15) is 16.7 Å². The van der Waals surface area contributed by atoms with Crippen molar-refractivity contribution in [2.75, 3.05) is 5.73 Å². The third-order valence-electron chi connectivity index (χ3n) is 3.40. The fourth-order valence-corrected chi connectivity index (χ4v) is 2.69. The van der Waals surface area contributed by atoms with Crippen LogP contribution < -0.4 is 5.73 Å². The Hall–Kier alpha value is -2.00. The average Bonchev–Trinajstić information content (AvgIpc) is 2.77. The summed E-state index contributed by atoms with van der Waals surface area (Å²) in [7, 11) is 0. The molecule has 3 aromatic rings. The lowest BCUT2D eigenvalue weighted by Crippen LogP contribution is -1.95. The summed E-state index contributed by atoms with van der Waals surface area (Å²) < 4.78 is 5.88. The van der Waals surface area contributed by atoms with Crippen molar-refractivity contribution in [2.45, 2.75) is 20.8 Å². The van der Waals surface area contributed by atoms with Gasteiger partial charge >= 0.3 is 0 Å². The molecule has 3 rings (SSSR count). The van der Waals surface area contributed by atoms with Gasteiger partial charge in [0.05, 0.1) is 5.56 Å². The molecular weight excluding hydrogens is 272 g/mol. The molecule has 0 fully saturated rings. The minimum atomic E-state index is 0.537. The van der Waals surface area contributed by atoms with Crippen molar-refractivity contribution in [3.63, 3.8) is 0 Å². The van der Waals surface area contributed by atoms with Crippen LogP contribution >= 0.6 is 11.6 Å². The molecule has 0 bridgehead atoms. The van der Waals surface area contributed by atoms with Gasteiger partial charge < -0.3 is 10.2 Å². The maximum absolute atomic E-state index is 6.15. The van der Waals surface area contributed by atoms with E-state index in [-0.39, 0.29) is 0 Å². The number of aryl methyl sites for hydroxylation is 3. The van der Waals surface area contributed by atoms with E-state index < -0.39 is 0 Å². The van der Waals surface area contributed by atoms with E-state index in [1.165, 1.54) is 0 Å². The lowest BCUT2D eigenvalue weighted by molar-refractivity contribution is 0.617. The number of aromatic nitrogens is 1. The number of hydrogen-bond acceptors (Lipinski definition) is 3. The Morgan fingerprint density at radius 3 is 2.55 bits per heavy atom. The molecular formula is C16H15ClN2O. The predicted octanol–water partition coefficient (Wildman–Crippen LogP) is 4.66. The van der Waals surface area contributed by atoms with Crippen LogP contribution in [0.5, 0.6) is 0 Å². The first-order chi connectivity index (χ1) is 9.45. The van der Waals surface area contributed by atoms with E-state index in [2.05, 4.69) is 4.98 Å². The molecule has 0 saturated heterocycles. The highest BCUT2D eigenvalue weighted by molar-refractivity contribution is 6.31. The Bertz CT molecular complexity index is 821. The van der Waals surface area contributed by atoms with Gasteiger partial charge in [0.15, 0.2) is 5.58 Å². The summed E-state index contributed by atoms with van der Waals surface area (Å²) in [6.07, 6.45) is 0. The Balaban J connectivity index is 2.28. The van der Waals surface area contributed by atoms with Gasteiger partial charge in [0.2, 0.25) is 5.89 Å². The highest BCUT2D eigenvalue weighted by Crippen LogP contribution is 2.33. The fourth-order valence-electron chi connectivity index (χ4n) is 2.43. The van der Waals surface area contributed by atoms with Gasteiger partial charge in [-0.2, -0.15) is 0 Å². The van der Waals surface area contributed by atoms with Crippen molar-refractivity contribution in [3.05, 3.63) is 46.0 Å². The van der Waals surface area contributed by atoms with Crippen LogP contribution in [0.4, 0.5) is 5.69 Å². The van der Waals surface area contributed by atoms with E-state index in [4.69, 9.17) is 21.8 Å². The van der Waals surface area contributed by atoms with Crippen molar-refractivity contribution < 1.29 is 4.42 Å². The van der Waals surface area contributed by atoms with Gasteiger partial charge in [-0.3, -0.25) is 0 Å². The zero-order valence-corrected chi connectivity index (χ0v) is 12.4. The number of nitrogens with two attached hydrogens (primary N) is 1. The average molecular weight is 287 g/mol. The van der Waals surface area contributed by atoms with Crippen molar-refractivity contribution >= 4 is 28.4 Å². The lowest BCUT2D eigenvalue weighted by atomic mass is 10.0. The zero-order valence-electron chi connectivity index (χ0n) is 11.6. The first-order valence-corrected chi connectivity index (χ1v) is 6.77. The van der Waals surface area contributed by atoms with E-state index in [0.29, 0.717) is 16.6 Å². The van der Waals surface area contributed by atoms with Gasteiger partial charge in [-0.1, -0.05) is 17.7 Å². The van der Waals surface area contributed by atoms with Crippen LogP contribution in [-0.2, 0) is 0 Å². The molecule has 1 aromatic heterocycles. The molecule has 1 heterocycles. The summed E-state index contributed by atoms with van der Waals surface area (Å²) in [5.41, 5.74) is 12.3. The number of benzene rings is 2. The van der Waals surface area contributed by atoms with Gasteiger partial charge in [-0.05, 0) is 55.7 Å². The molecule has 2 N–H and O–H groups in total. The minimum Gasteiger partial charge on any atom is -0.436 e. The number of rotatable bonds is 1. The van der Waals surface area contributed by atoms with Crippen LogP contribution in [0.2, 0.25) is 5.02 Å². The van der Waals surface area contributed by atoms with Crippen LogP contribution in [0.25, 0.3) is 22.6 Å². The summed E-state index contributed by atoms with van der Waals surface area (Å²) in [6.45, 7) is 5.96. The van der Waals surface area contributed by atoms with Crippen LogP contribution in [0.15, 0.2) is 28.7 Å². The second-order valence-corrected chi connectivity index (χ2v) is 5.57. The van der Waals surface area contributed by atoms with Crippen molar-refractivity contribution in [2.24, 2.45) is 0 Å². The number of hydrogen-bond donors (Lipinski definition) is 1. The summed E-state index contributed by atoms with van der Waals surface area (Å²) in [4.78, 5) is 4.52. The van der Waals surface area contributed by atoms with E-state index >= 15 is 0 Å². The maximum atomic E-state index is 6.15. The summed E-state index contributed by atoms with van der Waals surface area (Å²) in [5.74, 6) is 0.537. The zero-order chi connectivity index (χ0) is 14.4. The van der Waals surface area contributed by atoms with Crippen molar-refractivity contribution in [1.82, 2.24) is 4.98 Å². The van der Waals surface area contributed by atoms with E-state index in [0.717, 1.165) is 33.4 Å². The number of nitrogens with zero attached hydrogens (tertiary/aromatic N) is 1. The molecule has 0 atom stereocenters. The Labute approximate surface area is 122 Å². The van der Waals surface area contributed by atoms with Crippen molar-refractivity contribution in [1.29, 1.82) is 0 Å². The molecule has 2 aromatic carbocycles. The van der Waals surface area contributed by atoms with Crippen LogP contribution in [0, 0.1) is 20.8 Å². The molecule has 0 aliphatic rings. The van der Waals surface area contributed by atoms with Gasteiger partial charge in [-0.25, -0.2) is 4.98 Å². The SMILES string of the molecule is Cc1cc(C)c(N)c(-c2nc3cc(Cl)cc(C)c3o2)c1. The van der Waals surface area contributed by atoms with E-state index in [1.807, 2.05) is 39.0 Å². The fraction of sp³-hybridized carbons (Fsp3) is 0.188. The van der Waals surface area contributed by atoms with Crippen LogP contribution in [-0.4, -0.2) is 4.98 Å². The Kier molecular flexibility index (Phi) is 2.94. The lowest BCUT2D eigenvalue weighted by Gasteiger charge is -2.06. The molecule has 0 amide bonds. The number of fused-ring (bicyclic) bond motifs is 1. The quantitative estimate of drug-likeness (QED) is 0.662. The molecule has 0 aliphatic heterocycles. The number of oxazole rings is 1. The molecule has 0 aliphatic carbocycles. The van der Waals surface area contributed by atoms with E-state index in [9.17, 15) is 0 Å². The third kappa shape index (κ3) is 2.04. The second-order valence-electron chi connectivity index (χ2n) is 5.13. The molecule has 3 nitrogen and oxygen atoms in total. The molecule has 20 heavy (non-hydrogen) atoms. The molecule has 4 heteroatoms. The molecule has 0 spiro atoms. The highest BCUT2D eigenvalue weighted by Gasteiger charge is 2.14.